The van der Waals surface area contributed by atoms with E-state index in [4.69, 9.17) is 32.7 Å². The molecule has 2 amide bonds. The molecule has 0 spiro atoms. The second kappa shape index (κ2) is 9.25. The Balaban J connectivity index is 1.65. The van der Waals surface area contributed by atoms with Crippen LogP contribution in [0.15, 0.2) is 30.3 Å². The third-order valence-corrected chi connectivity index (χ3v) is 7.68. The Morgan fingerprint density at radius 1 is 1.00 bits per heavy atom. The van der Waals surface area contributed by atoms with Crippen LogP contribution in [-0.4, -0.2) is 42.4 Å². The number of anilines is 2. The topological polar surface area (TPSA) is 59.1 Å². The number of rotatable bonds is 2. The molecule has 3 atom stereocenters. The average molecular weight is 597 g/mol. The standard InChI is InChI=1S/C25H20Cl2F6N2O4/c1-23(2)38-19-18(21(36)34-7-3-4-14-16(34)6-5-15(26)17(14)27)35(22(37)20(19)39-23)13-9-11(24(28,29)30)8-12(10-13)25(31,32)33/h5-6,8-10,18-20H,3-4,7H2,1-2H3/t18-,19-,20-/m0/s1. The van der Waals surface area contributed by atoms with Crippen molar-refractivity contribution in [3.8, 4) is 0 Å². The van der Waals surface area contributed by atoms with Crippen molar-refractivity contribution in [3.05, 3.63) is 57.1 Å². The largest absolute Gasteiger partial charge is 0.416 e. The van der Waals surface area contributed by atoms with Crippen molar-refractivity contribution in [2.75, 3.05) is 16.3 Å². The van der Waals surface area contributed by atoms with Crippen molar-refractivity contribution in [1.29, 1.82) is 0 Å². The first-order valence-corrected chi connectivity index (χ1v) is 12.5. The molecule has 2 aromatic rings. The summed E-state index contributed by atoms with van der Waals surface area (Å²) >= 11 is 12.5. The molecule has 0 N–H and O–H groups in total. The van der Waals surface area contributed by atoms with E-state index in [-0.39, 0.29) is 22.7 Å². The SMILES string of the molecule is CC1(C)O[C@@H]2[C@H](O1)C(=O)N(c1cc(C(F)(F)F)cc(C(F)(F)F)c1)[C@@H]2C(=O)N1CCCc2c1ccc(Cl)c2Cl. The van der Waals surface area contributed by atoms with E-state index in [0.29, 0.717) is 41.1 Å². The first-order valence-electron chi connectivity index (χ1n) is 11.8. The van der Waals surface area contributed by atoms with E-state index in [2.05, 4.69) is 0 Å². The maximum atomic E-state index is 14.1. The van der Waals surface area contributed by atoms with Crippen molar-refractivity contribution >= 4 is 46.4 Å². The molecular weight excluding hydrogens is 577 g/mol. The Labute approximate surface area is 228 Å². The molecule has 2 saturated heterocycles. The lowest BCUT2D eigenvalue weighted by Gasteiger charge is -2.36. The molecule has 3 heterocycles. The van der Waals surface area contributed by atoms with Crippen LogP contribution in [0.1, 0.15) is 37.0 Å². The predicted molar refractivity (Wildman–Crippen MR) is 129 cm³/mol. The molecule has 0 unspecified atom stereocenters. The minimum atomic E-state index is -5.16. The van der Waals surface area contributed by atoms with Crippen LogP contribution in [-0.2, 0) is 37.8 Å². The number of hydrogen-bond donors (Lipinski definition) is 0. The van der Waals surface area contributed by atoms with Gasteiger partial charge in [-0.05, 0) is 62.6 Å². The second-order valence-corrected chi connectivity index (χ2v) is 10.7. The summed E-state index contributed by atoms with van der Waals surface area (Å²) in [6.45, 7) is 3.11. The lowest BCUT2D eigenvalue weighted by atomic mass is 9.99. The summed E-state index contributed by atoms with van der Waals surface area (Å²) in [6.07, 6.45) is -12.1. The van der Waals surface area contributed by atoms with E-state index in [1.807, 2.05) is 0 Å². The molecule has 6 nitrogen and oxygen atoms in total. The van der Waals surface area contributed by atoms with Gasteiger partial charge in [0.2, 0.25) is 0 Å². The van der Waals surface area contributed by atoms with Gasteiger partial charge >= 0.3 is 12.4 Å². The summed E-state index contributed by atoms with van der Waals surface area (Å²) in [7, 11) is 0. The maximum absolute atomic E-state index is 14.1. The highest BCUT2D eigenvalue weighted by Crippen LogP contribution is 2.45. The number of halogens is 8. The van der Waals surface area contributed by atoms with Crippen LogP contribution in [0.5, 0.6) is 0 Å². The number of alkyl halides is 6. The molecule has 39 heavy (non-hydrogen) atoms. The van der Waals surface area contributed by atoms with Crippen molar-refractivity contribution in [1.82, 2.24) is 0 Å². The predicted octanol–water partition coefficient (Wildman–Crippen LogP) is 6.25. The second-order valence-electron chi connectivity index (χ2n) is 9.89. The number of amides is 2. The molecule has 5 rings (SSSR count). The van der Waals surface area contributed by atoms with Gasteiger partial charge in [0, 0.05) is 17.9 Å². The van der Waals surface area contributed by atoms with Crippen molar-refractivity contribution < 1.29 is 45.4 Å². The van der Waals surface area contributed by atoms with E-state index < -0.39 is 65.0 Å². The monoisotopic (exact) mass is 596 g/mol. The van der Waals surface area contributed by atoms with E-state index in [9.17, 15) is 35.9 Å². The quantitative estimate of drug-likeness (QED) is 0.385. The number of benzene rings is 2. The van der Waals surface area contributed by atoms with Crippen molar-refractivity contribution in [2.45, 2.75) is 63.1 Å². The highest BCUT2D eigenvalue weighted by molar-refractivity contribution is 6.42. The van der Waals surface area contributed by atoms with Crippen LogP contribution in [0.4, 0.5) is 37.7 Å². The van der Waals surface area contributed by atoms with Crippen LogP contribution in [0.2, 0.25) is 10.0 Å². The molecule has 2 aromatic carbocycles. The fourth-order valence-corrected chi connectivity index (χ4v) is 5.68. The first kappa shape index (κ1) is 28.0. The molecule has 0 aliphatic carbocycles. The first-order chi connectivity index (χ1) is 18.0. The fraction of sp³-hybridized carbons (Fsp3) is 0.440. The van der Waals surface area contributed by atoms with Gasteiger partial charge in [-0.3, -0.25) is 14.5 Å². The highest BCUT2D eigenvalue weighted by atomic mass is 35.5. The van der Waals surface area contributed by atoms with Crippen LogP contribution in [0.25, 0.3) is 0 Å². The number of carbonyl (C=O) groups is 2. The summed E-state index contributed by atoms with van der Waals surface area (Å²) < 4.78 is 93.2. The van der Waals surface area contributed by atoms with Crippen LogP contribution >= 0.6 is 23.2 Å². The van der Waals surface area contributed by atoms with Crippen LogP contribution in [0, 0.1) is 0 Å². The lowest BCUT2D eigenvalue weighted by molar-refractivity contribution is -0.161. The van der Waals surface area contributed by atoms with Gasteiger partial charge in [-0.15, -0.1) is 0 Å². The number of hydrogen-bond acceptors (Lipinski definition) is 4. The summed E-state index contributed by atoms with van der Waals surface area (Å²) in [6, 6.07) is 2.14. The van der Waals surface area contributed by atoms with E-state index in [0.717, 1.165) is 0 Å². The average Bonchev–Trinajstić information content (AvgIpc) is 3.29. The zero-order chi connectivity index (χ0) is 28.7. The summed E-state index contributed by atoms with van der Waals surface area (Å²) in [5.74, 6) is -3.11. The zero-order valence-electron chi connectivity index (χ0n) is 20.3. The Kier molecular flexibility index (Phi) is 6.64. The van der Waals surface area contributed by atoms with Crippen LogP contribution < -0.4 is 9.80 Å². The van der Waals surface area contributed by atoms with Gasteiger partial charge in [-0.25, -0.2) is 0 Å². The van der Waals surface area contributed by atoms with E-state index >= 15 is 0 Å². The van der Waals surface area contributed by atoms with Gasteiger partial charge < -0.3 is 14.4 Å². The van der Waals surface area contributed by atoms with Gasteiger partial charge in [-0.2, -0.15) is 26.3 Å². The Morgan fingerprint density at radius 2 is 1.62 bits per heavy atom. The van der Waals surface area contributed by atoms with Crippen molar-refractivity contribution in [2.24, 2.45) is 0 Å². The molecule has 0 radical (unpaired) electrons. The molecule has 3 aliphatic heterocycles. The summed E-state index contributed by atoms with van der Waals surface area (Å²) in [4.78, 5) is 29.5. The summed E-state index contributed by atoms with van der Waals surface area (Å²) in [5, 5.41) is 0.471. The van der Waals surface area contributed by atoms with E-state index in [1.54, 1.807) is 6.07 Å². The third-order valence-electron chi connectivity index (χ3n) is 6.84. The van der Waals surface area contributed by atoms with Gasteiger partial charge in [0.15, 0.2) is 11.9 Å². The minimum Gasteiger partial charge on any atom is -0.341 e. The number of ether oxygens (including phenoxy) is 2. The Hall–Kier alpha value is -2.54. The molecular formula is C25H20Cl2F6N2O4. The van der Waals surface area contributed by atoms with Crippen LogP contribution in [0.3, 0.4) is 0 Å². The van der Waals surface area contributed by atoms with Crippen molar-refractivity contribution in [3.63, 3.8) is 0 Å². The summed E-state index contributed by atoms with van der Waals surface area (Å²) in [5.41, 5.74) is -3.09. The number of carbonyl (C=O) groups excluding carboxylic acids is 2. The van der Waals surface area contributed by atoms with E-state index in [1.165, 1.54) is 24.8 Å². The minimum absolute atomic E-state index is 0.0512. The van der Waals surface area contributed by atoms with Gasteiger partial charge in [0.05, 0.1) is 21.2 Å². The normalized spacial score (nSPS) is 24.7. The smallest absolute Gasteiger partial charge is 0.341 e. The lowest BCUT2D eigenvalue weighted by Crippen LogP contribution is -2.53. The molecule has 0 saturated carbocycles. The molecule has 0 aromatic heterocycles. The molecule has 2 fully saturated rings. The number of nitrogens with zero attached hydrogens (tertiary/aromatic N) is 2. The van der Waals surface area contributed by atoms with Gasteiger partial charge in [0.25, 0.3) is 11.8 Å². The Bertz CT molecular complexity index is 1330. The highest BCUT2D eigenvalue weighted by Gasteiger charge is 2.61. The molecule has 14 heteroatoms. The molecule has 3 aliphatic rings. The van der Waals surface area contributed by atoms with Gasteiger partial charge in [-0.1, -0.05) is 23.2 Å². The number of fused-ring (bicyclic) bond motifs is 2. The van der Waals surface area contributed by atoms with Gasteiger partial charge in [0.1, 0.15) is 12.1 Å². The zero-order valence-corrected chi connectivity index (χ0v) is 21.8. The molecule has 0 bridgehead atoms. The maximum Gasteiger partial charge on any atom is 0.416 e. The third kappa shape index (κ3) is 4.85. The molecule has 210 valence electrons. The Morgan fingerprint density at radius 3 is 2.21 bits per heavy atom. The fourth-order valence-electron chi connectivity index (χ4n) is 5.24.